The van der Waals surface area contributed by atoms with Crippen molar-refractivity contribution >= 4 is 6.09 Å². The van der Waals surface area contributed by atoms with E-state index in [0.717, 1.165) is 16.9 Å². The molecule has 0 spiro atoms. The molecule has 2 aromatic carbocycles. The van der Waals surface area contributed by atoms with Crippen molar-refractivity contribution in [1.82, 2.24) is 9.55 Å². The second-order valence-corrected chi connectivity index (χ2v) is 6.76. The van der Waals surface area contributed by atoms with Crippen molar-refractivity contribution in [3.8, 4) is 5.75 Å². The van der Waals surface area contributed by atoms with E-state index in [1.165, 1.54) is 15.7 Å². The molecule has 0 aliphatic rings. The fourth-order valence-corrected chi connectivity index (χ4v) is 3.30. The number of hydrogen-bond donors (Lipinski definition) is 0. The lowest BCUT2D eigenvalue weighted by Crippen LogP contribution is -2.18. The van der Waals surface area contributed by atoms with Crippen LogP contribution in [0, 0.1) is 13.8 Å². The molecule has 1 atom stereocenters. The number of imidazole rings is 1. The van der Waals surface area contributed by atoms with Gasteiger partial charge in [0.25, 0.3) is 0 Å². The van der Waals surface area contributed by atoms with Gasteiger partial charge in [0.1, 0.15) is 18.2 Å². The lowest BCUT2D eigenvalue weighted by molar-refractivity contribution is 0.139. The SMILES string of the molecule is CCOc1ccccc1COC(=O)n1ccnc1[C@@H](C)c1cccc(C)c1C. The molecule has 1 aromatic heterocycles. The van der Waals surface area contributed by atoms with Crippen molar-refractivity contribution in [1.29, 1.82) is 0 Å². The van der Waals surface area contributed by atoms with Gasteiger partial charge < -0.3 is 9.47 Å². The van der Waals surface area contributed by atoms with Crippen molar-refractivity contribution in [3.63, 3.8) is 0 Å². The minimum Gasteiger partial charge on any atom is -0.493 e. The number of rotatable bonds is 6. The van der Waals surface area contributed by atoms with Gasteiger partial charge in [0.05, 0.1) is 6.61 Å². The van der Waals surface area contributed by atoms with Gasteiger partial charge in [0.15, 0.2) is 0 Å². The second-order valence-electron chi connectivity index (χ2n) is 6.76. The minimum atomic E-state index is -0.448. The minimum absolute atomic E-state index is 0.0295. The molecule has 0 aliphatic heterocycles. The Kier molecular flexibility index (Phi) is 6.14. The van der Waals surface area contributed by atoms with Crippen LogP contribution in [-0.4, -0.2) is 22.3 Å². The Morgan fingerprint density at radius 3 is 2.71 bits per heavy atom. The Bertz CT molecular complexity index is 962. The molecule has 0 radical (unpaired) electrons. The van der Waals surface area contributed by atoms with Crippen LogP contribution in [-0.2, 0) is 11.3 Å². The summed E-state index contributed by atoms with van der Waals surface area (Å²) < 4.78 is 12.6. The van der Waals surface area contributed by atoms with Crippen LogP contribution in [0.5, 0.6) is 5.75 Å². The normalized spacial score (nSPS) is 11.9. The Balaban J connectivity index is 1.78. The van der Waals surface area contributed by atoms with Crippen LogP contribution in [0.3, 0.4) is 0 Å². The van der Waals surface area contributed by atoms with E-state index >= 15 is 0 Å². The van der Waals surface area contributed by atoms with Gasteiger partial charge in [0.2, 0.25) is 0 Å². The summed E-state index contributed by atoms with van der Waals surface area (Å²) in [7, 11) is 0. The molecule has 146 valence electrons. The first kappa shape index (κ1) is 19.7. The standard InChI is InChI=1S/C23H26N2O3/c1-5-27-21-12-7-6-10-19(21)15-28-23(26)25-14-13-24-22(25)18(4)20-11-8-9-16(2)17(20)3/h6-14,18H,5,15H2,1-4H3/t18-/m0/s1. The van der Waals surface area contributed by atoms with Crippen LogP contribution in [0.15, 0.2) is 54.9 Å². The molecule has 5 nitrogen and oxygen atoms in total. The molecule has 0 saturated heterocycles. The first-order valence-corrected chi connectivity index (χ1v) is 9.50. The predicted octanol–water partition coefficient (Wildman–Crippen LogP) is 5.24. The molecule has 0 fully saturated rings. The van der Waals surface area contributed by atoms with Gasteiger partial charge in [0, 0.05) is 23.9 Å². The van der Waals surface area contributed by atoms with Crippen LogP contribution in [0.25, 0.3) is 0 Å². The van der Waals surface area contributed by atoms with Crippen LogP contribution >= 0.6 is 0 Å². The molecule has 3 rings (SSSR count). The molecule has 5 heteroatoms. The largest absolute Gasteiger partial charge is 0.493 e. The summed E-state index contributed by atoms with van der Waals surface area (Å²) in [6, 6.07) is 13.8. The first-order valence-electron chi connectivity index (χ1n) is 9.50. The van der Waals surface area contributed by atoms with E-state index in [4.69, 9.17) is 9.47 Å². The first-order chi connectivity index (χ1) is 13.5. The van der Waals surface area contributed by atoms with Gasteiger partial charge in [-0.05, 0) is 43.5 Å². The number of nitrogens with zero attached hydrogens (tertiary/aromatic N) is 2. The molecule has 28 heavy (non-hydrogen) atoms. The number of benzene rings is 2. The van der Waals surface area contributed by atoms with Gasteiger partial charge in [-0.25, -0.2) is 14.3 Å². The van der Waals surface area contributed by atoms with Gasteiger partial charge in [-0.15, -0.1) is 0 Å². The van der Waals surface area contributed by atoms with E-state index in [-0.39, 0.29) is 12.5 Å². The number of aromatic nitrogens is 2. The summed E-state index contributed by atoms with van der Waals surface area (Å²) in [5, 5.41) is 0. The van der Waals surface area contributed by atoms with Gasteiger partial charge in [-0.2, -0.15) is 0 Å². The van der Waals surface area contributed by atoms with Crippen LogP contribution in [0.1, 0.15) is 47.8 Å². The summed E-state index contributed by atoms with van der Waals surface area (Å²) in [4.78, 5) is 17.1. The zero-order chi connectivity index (χ0) is 20.1. The molecular formula is C23H26N2O3. The maximum absolute atomic E-state index is 12.7. The molecule has 0 N–H and O–H groups in total. The van der Waals surface area contributed by atoms with E-state index in [9.17, 15) is 4.79 Å². The quantitative estimate of drug-likeness (QED) is 0.589. The predicted molar refractivity (Wildman–Crippen MR) is 109 cm³/mol. The second kappa shape index (κ2) is 8.74. The highest BCUT2D eigenvalue weighted by Gasteiger charge is 2.21. The molecule has 1 heterocycles. The van der Waals surface area contributed by atoms with E-state index < -0.39 is 6.09 Å². The molecule has 0 amide bonds. The fraction of sp³-hybridized carbons (Fsp3) is 0.304. The van der Waals surface area contributed by atoms with Crippen LogP contribution in [0.4, 0.5) is 4.79 Å². The summed E-state index contributed by atoms with van der Waals surface area (Å²) in [6.07, 6.45) is 2.83. The monoisotopic (exact) mass is 378 g/mol. The lowest BCUT2D eigenvalue weighted by Gasteiger charge is -2.17. The fourth-order valence-electron chi connectivity index (χ4n) is 3.30. The third-order valence-electron chi connectivity index (χ3n) is 4.99. The third kappa shape index (κ3) is 4.09. The maximum atomic E-state index is 12.7. The summed E-state index contributed by atoms with van der Waals surface area (Å²) in [6.45, 7) is 8.86. The van der Waals surface area contributed by atoms with Crippen LogP contribution in [0.2, 0.25) is 0 Å². The maximum Gasteiger partial charge on any atom is 0.419 e. The molecule has 0 aliphatic carbocycles. The third-order valence-corrected chi connectivity index (χ3v) is 4.99. The molecule has 0 bridgehead atoms. The summed E-state index contributed by atoms with van der Waals surface area (Å²) >= 11 is 0. The highest BCUT2D eigenvalue weighted by Crippen LogP contribution is 2.27. The van der Waals surface area contributed by atoms with Crippen molar-refractivity contribution in [3.05, 3.63) is 82.9 Å². The smallest absolute Gasteiger partial charge is 0.419 e. The van der Waals surface area contributed by atoms with E-state index in [0.29, 0.717) is 12.4 Å². The van der Waals surface area contributed by atoms with Crippen molar-refractivity contribution < 1.29 is 14.3 Å². The number of hydrogen-bond acceptors (Lipinski definition) is 4. The highest BCUT2D eigenvalue weighted by molar-refractivity contribution is 5.71. The summed E-state index contributed by atoms with van der Waals surface area (Å²) in [5.41, 5.74) is 4.42. The lowest BCUT2D eigenvalue weighted by atomic mass is 9.93. The molecular weight excluding hydrogens is 352 g/mol. The Morgan fingerprint density at radius 2 is 1.93 bits per heavy atom. The number of carbonyl (C=O) groups is 1. The van der Waals surface area contributed by atoms with Gasteiger partial charge in [-0.1, -0.05) is 43.3 Å². The number of carbonyl (C=O) groups excluding carboxylic acids is 1. The van der Waals surface area contributed by atoms with Gasteiger partial charge in [-0.3, -0.25) is 0 Å². The van der Waals surface area contributed by atoms with Crippen LogP contribution < -0.4 is 4.74 Å². The van der Waals surface area contributed by atoms with E-state index in [1.54, 1.807) is 12.4 Å². The highest BCUT2D eigenvalue weighted by atomic mass is 16.6. The van der Waals surface area contributed by atoms with Gasteiger partial charge >= 0.3 is 6.09 Å². The van der Waals surface area contributed by atoms with Crippen molar-refractivity contribution in [2.24, 2.45) is 0 Å². The average Bonchev–Trinajstić information content (AvgIpc) is 3.19. The van der Waals surface area contributed by atoms with E-state index in [1.807, 2.05) is 37.3 Å². The topological polar surface area (TPSA) is 53.4 Å². The molecule has 0 saturated carbocycles. The van der Waals surface area contributed by atoms with Crippen molar-refractivity contribution in [2.45, 2.75) is 40.2 Å². The molecule has 3 aromatic rings. The number of ether oxygens (including phenoxy) is 2. The van der Waals surface area contributed by atoms with E-state index in [2.05, 4.69) is 37.9 Å². The number of para-hydroxylation sites is 1. The Morgan fingerprint density at radius 1 is 1.14 bits per heavy atom. The molecule has 0 unspecified atom stereocenters. The summed E-state index contributed by atoms with van der Waals surface area (Å²) in [5.74, 6) is 1.36. The number of aryl methyl sites for hydroxylation is 1. The Hall–Kier alpha value is -3.08. The average molecular weight is 378 g/mol. The zero-order valence-corrected chi connectivity index (χ0v) is 16.8. The zero-order valence-electron chi connectivity index (χ0n) is 16.8. The van der Waals surface area contributed by atoms with Crippen molar-refractivity contribution in [2.75, 3.05) is 6.61 Å². The Labute approximate surface area is 165 Å².